The molecule has 0 aliphatic heterocycles. The van der Waals surface area contributed by atoms with E-state index in [1.54, 1.807) is 4.68 Å². The Kier molecular flexibility index (Phi) is 4.15. The van der Waals surface area contributed by atoms with E-state index in [2.05, 4.69) is 30.7 Å². The lowest BCUT2D eigenvalue weighted by atomic mass is 9.89. The number of hydrogen-bond acceptors (Lipinski definition) is 4. The third kappa shape index (κ3) is 3.06. The first-order chi connectivity index (χ1) is 8.20. The third-order valence-corrected chi connectivity index (χ3v) is 3.74. The Bertz CT molecular complexity index is 399. The minimum atomic E-state index is -0.493. The summed E-state index contributed by atoms with van der Waals surface area (Å²) >= 11 is 3.32. The zero-order valence-corrected chi connectivity index (χ0v) is 11.4. The fraction of sp³-hybridized carbons (Fsp3) is 0.727. The molecule has 0 saturated heterocycles. The number of halogens is 1. The van der Waals surface area contributed by atoms with Crippen LogP contribution in [0.4, 0.5) is 0 Å². The van der Waals surface area contributed by atoms with Crippen LogP contribution in [0.1, 0.15) is 42.7 Å². The minimum absolute atomic E-state index is 0.121. The van der Waals surface area contributed by atoms with Crippen LogP contribution in [0.3, 0.4) is 0 Å². The van der Waals surface area contributed by atoms with Crippen molar-refractivity contribution in [2.24, 2.45) is 5.92 Å². The highest BCUT2D eigenvalue weighted by molar-refractivity contribution is 9.10. The molecule has 1 fully saturated rings. The Balaban J connectivity index is 2.04. The van der Waals surface area contributed by atoms with E-state index in [1.807, 2.05) is 0 Å². The van der Waals surface area contributed by atoms with Crippen LogP contribution >= 0.6 is 15.9 Å². The molecule has 1 aromatic heterocycles. The molecule has 1 aromatic rings. The molecular formula is C11H16BrN3O2. The topological polar surface area (TPSA) is 57.0 Å². The highest BCUT2D eigenvalue weighted by Crippen LogP contribution is 2.25. The van der Waals surface area contributed by atoms with Gasteiger partial charge in [0.05, 0.1) is 7.11 Å². The Hall–Kier alpha value is -0.910. The van der Waals surface area contributed by atoms with E-state index in [4.69, 9.17) is 0 Å². The van der Waals surface area contributed by atoms with Gasteiger partial charge in [-0.2, -0.15) is 4.98 Å². The number of carbonyl (C=O) groups excluding carboxylic acids is 1. The summed E-state index contributed by atoms with van der Waals surface area (Å²) in [4.78, 5) is 15.3. The zero-order valence-electron chi connectivity index (χ0n) is 9.86. The monoisotopic (exact) mass is 301 g/mol. The molecule has 1 aliphatic rings. The van der Waals surface area contributed by atoms with E-state index in [9.17, 15) is 4.79 Å². The summed E-state index contributed by atoms with van der Waals surface area (Å²) in [6.45, 7) is 0.824. The molecule has 94 valence electrons. The average Bonchev–Trinajstić information content (AvgIpc) is 2.71. The first kappa shape index (κ1) is 12.5. The SMILES string of the molecule is COC(=O)c1nc(Br)n(CC2CCCCC2)n1. The number of methoxy groups -OCH3 is 1. The molecule has 1 aliphatic carbocycles. The standard InChI is InChI=1S/C11H16BrN3O2/c1-17-10(16)9-13-11(12)15(14-9)7-8-5-3-2-4-6-8/h8H,2-7H2,1H3. The van der Waals surface area contributed by atoms with Gasteiger partial charge in [-0.3, -0.25) is 0 Å². The minimum Gasteiger partial charge on any atom is -0.463 e. The molecule has 6 heteroatoms. The van der Waals surface area contributed by atoms with Gasteiger partial charge in [0.1, 0.15) is 0 Å². The first-order valence-corrected chi connectivity index (χ1v) is 6.68. The highest BCUT2D eigenvalue weighted by Gasteiger charge is 2.19. The fourth-order valence-electron chi connectivity index (χ4n) is 2.23. The van der Waals surface area contributed by atoms with E-state index in [1.165, 1.54) is 39.2 Å². The molecular weight excluding hydrogens is 286 g/mol. The normalized spacial score (nSPS) is 17.1. The predicted molar refractivity (Wildman–Crippen MR) is 65.6 cm³/mol. The van der Waals surface area contributed by atoms with Gasteiger partial charge in [-0.1, -0.05) is 19.3 Å². The van der Waals surface area contributed by atoms with Crippen molar-refractivity contribution in [2.45, 2.75) is 38.6 Å². The second kappa shape index (κ2) is 5.62. The van der Waals surface area contributed by atoms with Gasteiger partial charge >= 0.3 is 5.97 Å². The van der Waals surface area contributed by atoms with Gasteiger partial charge in [0.15, 0.2) is 4.73 Å². The van der Waals surface area contributed by atoms with Crippen molar-refractivity contribution in [3.63, 3.8) is 0 Å². The summed E-state index contributed by atoms with van der Waals surface area (Å²) in [6.07, 6.45) is 6.39. The fourth-order valence-corrected chi connectivity index (χ4v) is 2.62. The lowest BCUT2D eigenvalue weighted by Crippen LogP contribution is -2.15. The van der Waals surface area contributed by atoms with Crippen molar-refractivity contribution < 1.29 is 9.53 Å². The maximum absolute atomic E-state index is 11.3. The molecule has 0 amide bonds. The number of nitrogens with zero attached hydrogens (tertiary/aromatic N) is 3. The summed E-state index contributed by atoms with van der Waals surface area (Å²) in [7, 11) is 1.33. The quantitative estimate of drug-likeness (QED) is 0.805. The Morgan fingerprint density at radius 3 is 2.82 bits per heavy atom. The molecule has 1 saturated carbocycles. The molecule has 1 heterocycles. The van der Waals surface area contributed by atoms with Gasteiger partial charge < -0.3 is 4.74 Å². The van der Waals surface area contributed by atoms with E-state index >= 15 is 0 Å². The number of carbonyl (C=O) groups is 1. The first-order valence-electron chi connectivity index (χ1n) is 5.89. The molecule has 0 atom stereocenters. The summed E-state index contributed by atoms with van der Waals surface area (Å²) in [5.41, 5.74) is 0. The lowest BCUT2D eigenvalue weighted by molar-refractivity contribution is 0.0586. The van der Waals surface area contributed by atoms with E-state index < -0.39 is 5.97 Å². The van der Waals surface area contributed by atoms with Crippen LogP contribution in [0.25, 0.3) is 0 Å². The summed E-state index contributed by atoms with van der Waals surface area (Å²) < 4.78 is 6.95. The molecule has 2 rings (SSSR count). The van der Waals surface area contributed by atoms with Gasteiger partial charge in [-0.05, 0) is 34.7 Å². The smallest absolute Gasteiger partial charge is 0.377 e. The molecule has 0 spiro atoms. The average molecular weight is 302 g/mol. The maximum atomic E-state index is 11.3. The Morgan fingerprint density at radius 1 is 1.47 bits per heavy atom. The summed E-state index contributed by atoms with van der Waals surface area (Å²) in [5, 5.41) is 4.16. The number of aromatic nitrogens is 3. The zero-order chi connectivity index (χ0) is 12.3. The summed E-state index contributed by atoms with van der Waals surface area (Å²) in [5.74, 6) is 0.274. The van der Waals surface area contributed by atoms with Crippen molar-refractivity contribution in [3.05, 3.63) is 10.6 Å². The van der Waals surface area contributed by atoms with Crippen molar-refractivity contribution >= 4 is 21.9 Å². The van der Waals surface area contributed by atoms with Crippen molar-refractivity contribution in [1.82, 2.24) is 14.8 Å². The number of hydrogen-bond donors (Lipinski definition) is 0. The largest absolute Gasteiger partial charge is 0.463 e. The van der Waals surface area contributed by atoms with Crippen LogP contribution < -0.4 is 0 Å². The highest BCUT2D eigenvalue weighted by atomic mass is 79.9. The van der Waals surface area contributed by atoms with Crippen molar-refractivity contribution in [3.8, 4) is 0 Å². The maximum Gasteiger partial charge on any atom is 0.377 e. The van der Waals surface area contributed by atoms with Crippen LogP contribution in [0, 0.1) is 5.92 Å². The molecule has 17 heavy (non-hydrogen) atoms. The van der Waals surface area contributed by atoms with Gasteiger partial charge in [0.2, 0.25) is 0 Å². The van der Waals surface area contributed by atoms with Gasteiger partial charge in [-0.15, -0.1) is 5.10 Å². The molecule has 5 nitrogen and oxygen atoms in total. The molecule has 0 radical (unpaired) electrons. The molecule has 0 bridgehead atoms. The molecule has 0 N–H and O–H groups in total. The van der Waals surface area contributed by atoms with Gasteiger partial charge in [0.25, 0.3) is 5.82 Å². The number of rotatable bonds is 3. The molecule has 0 aromatic carbocycles. The van der Waals surface area contributed by atoms with Crippen LogP contribution in [0.5, 0.6) is 0 Å². The van der Waals surface area contributed by atoms with Crippen LogP contribution in [0.2, 0.25) is 0 Å². The number of esters is 1. The Morgan fingerprint density at radius 2 is 2.18 bits per heavy atom. The Labute approximate surface area is 109 Å². The lowest BCUT2D eigenvalue weighted by Gasteiger charge is -2.21. The molecule has 0 unspecified atom stereocenters. The van der Waals surface area contributed by atoms with Gasteiger partial charge in [-0.25, -0.2) is 9.48 Å². The summed E-state index contributed by atoms with van der Waals surface area (Å²) in [6, 6.07) is 0. The second-order valence-electron chi connectivity index (χ2n) is 4.38. The van der Waals surface area contributed by atoms with Crippen LogP contribution in [-0.4, -0.2) is 27.8 Å². The van der Waals surface area contributed by atoms with E-state index in [0.29, 0.717) is 10.7 Å². The van der Waals surface area contributed by atoms with Crippen molar-refractivity contribution in [2.75, 3.05) is 7.11 Å². The second-order valence-corrected chi connectivity index (χ2v) is 5.09. The van der Waals surface area contributed by atoms with Crippen molar-refractivity contribution in [1.29, 1.82) is 0 Å². The predicted octanol–water partition coefficient (Wildman–Crippen LogP) is 2.41. The number of ether oxygens (including phenoxy) is 1. The van der Waals surface area contributed by atoms with Gasteiger partial charge in [0, 0.05) is 6.54 Å². The van der Waals surface area contributed by atoms with Crippen LogP contribution in [0.15, 0.2) is 4.73 Å². The third-order valence-electron chi connectivity index (χ3n) is 3.15. The van der Waals surface area contributed by atoms with E-state index in [0.717, 1.165) is 6.54 Å². The van der Waals surface area contributed by atoms with Crippen LogP contribution in [-0.2, 0) is 11.3 Å². The van der Waals surface area contributed by atoms with E-state index in [-0.39, 0.29) is 5.82 Å².